The fraction of sp³-hybridized carbons (Fsp3) is 0.667. The van der Waals surface area contributed by atoms with Crippen molar-refractivity contribution in [2.45, 2.75) is 45.6 Å². The van der Waals surface area contributed by atoms with Crippen LogP contribution in [0.1, 0.15) is 50.4 Å². The molecule has 1 aliphatic heterocycles. The molecule has 2 heterocycles. The maximum absolute atomic E-state index is 12.7. The van der Waals surface area contributed by atoms with Crippen LogP contribution in [-0.4, -0.2) is 19.0 Å². The Hall–Kier alpha value is -0.870. The molecule has 0 aromatic carbocycles. The Labute approximate surface area is 119 Å². The lowest BCUT2D eigenvalue weighted by molar-refractivity contribution is -0.133. The summed E-state index contributed by atoms with van der Waals surface area (Å²) in [6.45, 7) is 6.16. The summed E-state index contributed by atoms with van der Waals surface area (Å²) >= 11 is 1.70. The van der Waals surface area contributed by atoms with E-state index in [0.717, 1.165) is 38.8 Å². The summed E-state index contributed by atoms with van der Waals surface area (Å²) in [6, 6.07) is 4.25. The van der Waals surface area contributed by atoms with Gasteiger partial charge in [0.15, 0.2) is 0 Å². The Bertz CT molecular complexity index is 391. The minimum absolute atomic E-state index is 0.121. The van der Waals surface area contributed by atoms with Crippen molar-refractivity contribution >= 4 is 17.2 Å². The molecule has 1 amide bonds. The summed E-state index contributed by atoms with van der Waals surface area (Å²) in [6.07, 6.45) is 3.99. The molecule has 1 aromatic heterocycles. The highest BCUT2D eigenvalue weighted by atomic mass is 32.1. The Morgan fingerprint density at radius 3 is 2.84 bits per heavy atom. The molecular formula is C15H24N2OS. The lowest BCUT2D eigenvalue weighted by Gasteiger charge is -2.37. The first-order valence-corrected chi connectivity index (χ1v) is 8.11. The van der Waals surface area contributed by atoms with Gasteiger partial charge in [-0.25, -0.2) is 0 Å². The van der Waals surface area contributed by atoms with Crippen molar-refractivity contribution in [1.29, 1.82) is 0 Å². The maximum Gasteiger partial charge on any atom is 0.226 e. The Morgan fingerprint density at radius 1 is 1.53 bits per heavy atom. The Kier molecular flexibility index (Phi) is 4.99. The molecule has 3 nitrogen and oxygen atoms in total. The Balaban J connectivity index is 2.03. The molecule has 0 aliphatic carbocycles. The molecule has 1 atom stereocenters. The van der Waals surface area contributed by atoms with Crippen LogP contribution >= 0.6 is 11.3 Å². The molecule has 1 aromatic rings. The van der Waals surface area contributed by atoms with Crippen molar-refractivity contribution in [3.8, 4) is 0 Å². The summed E-state index contributed by atoms with van der Waals surface area (Å²) < 4.78 is 0. The van der Waals surface area contributed by atoms with E-state index in [9.17, 15) is 4.79 Å². The van der Waals surface area contributed by atoms with Crippen LogP contribution in [0.25, 0.3) is 0 Å². The fourth-order valence-corrected chi connectivity index (χ4v) is 3.67. The van der Waals surface area contributed by atoms with E-state index in [2.05, 4.69) is 35.9 Å². The summed E-state index contributed by atoms with van der Waals surface area (Å²) in [7, 11) is 0. The largest absolute Gasteiger partial charge is 0.348 e. The zero-order valence-corrected chi connectivity index (χ0v) is 12.7. The van der Waals surface area contributed by atoms with Gasteiger partial charge in [0, 0.05) is 4.88 Å². The van der Waals surface area contributed by atoms with Crippen molar-refractivity contribution in [2.75, 3.05) is 13.1 Å². The molecule has 19 heavy (non-hydrogen) atoms. The molecule has 1 fully saturated rings. The highest BCUT2D eigenvalue weighted by Gasteiger charge is 2.38. The molecule has 1 aliphatic rings. The van der Waals surface area contributed by atoms with Crippen LogP contribution in [0.15, 0.2) is 17.5 Å². The van der Waals surface area contributed by atoms with E-state index in [1.807, 2.05) is 6.07 Å². The van der Waals surface area contributed by atoms with Crippen LogP contribution in [0, 0.1) is 5.41 Å². The second kappa shape index (κ2) is 6.53. The van der Waals surface area contributed by atoms with Gasteiger partial charge in [-0.3, -0.25) is 4.79 Å². The highest BCUT2D eigenvalue weighted by molar-refractivity contribution is 7.10. The third kappa shape index (κ3) is 3.37. The number of carbonyl (C=O) groups excluding carboxylic acids is 1. The zero-order chi connectivity index (χ0) is 13.7. The minimum atomic E-state index is -0.147. The van der Waals surface area contributed by atoms with Crippen molar-refractivity contribution in [3.63, 3.8) is 0 Å². The monoisotopic (exact) mass is 280 g/mol. The summed E-state index contributed by atoms with van der Waals surface area (Å²) in [5.74, 6) is 0.247. The fourth-order valence-electron chi connectivity index (χ4n) is 2.93. The molecule has 4 heteroatoms. The maximum atomic E-state index is 12.7. The van der Waals surface area contributed by atoms with Gasteiger partial charge in [-0.1, -0.05) is 19.4 Å². The number of piperidine rings is 1. The smallest absolute Gasteiger partial charge is 0.226 e. The predicted octanol–water partition coefficient (Wildman–Crippen LogP) is 3.10. The van der Waals surface area contributed by atoms with Crippen LogP contribution in [0.3, 0.4) is 0 Å². The van der Waals surface area contributed by atoms with Gasteiger partial charge in [0.2, 0.25) is 5.91 Å². The first kappa shape index (κ1) is 14.5. The van der Waals surface area contributed by atoms with E-state index in [1.165, 1.54) is 4.88 Å². The number of nitrogens with one attached hydrogen (secondary N) is 2. The third-order valence-electron chi connectivity index (χ3n) is 4.09. The highest BCUT2D eigenvalue weighted by Crippen LogP contribution is 2.35. The molecule has 1 saturated heterocycles. The van der Waals surface area contributed by atoms with Gasteiger partial charge in [0.05, 0.1) is 11.5 Å². The number of hydrogen-bond acceptors (Lipinski definition) is 3. The summed E-state index contributed by atoms with van der Waals surface area (Å²) in [5, 5.41) is 8.64. The Morgan fingerprint density at radius 2 is 2.26 bits per heavy atom. The SMILES string of the molecule is CCCC1(C(=O)NC(C)c2cccs2)CCNCC1. The number of rotatable bonds is 5. The molecule has 0 bridgehead atoms. The molecule has 1 unspecified atom stereocenters. The second-order valence-electron chi connectivity index (χ2n) is 5.49. The van der Waals surface area contributed by atoms with E-state index in [0.29, 0.717) is 0 Å². The average molecular weight is 280 g/mol. The standard InChI is InChI=1S/C15H24N2OS/c1-3-6-15(7-9-16-10-8-15)14(18)17-12(2)13-5-4-11-19-13/h4-5,11-12,16H,3,6-10H2,1-2H3,(H,17,18). The first-order chi connectivity index (χ1) is 9.18. The van der Waals surface area contributed by atoms with Gasteiger partial charge < -0.3 is 10.6 Å². The van der Waals surface area contributed by atoms with Gasteiger partial charge in [0.25, 0.3) is 0 Å². The van der Waals surface area contributed by atoms with Crippen LogP contribution < -0.4 is 10.6 Å². The second-order valence-corrected chi connectivity index (χ2v) is 6.47. The van der Waals surface area contributed by atoms with Gasteiger partial charge in [-0.2, -0.15) is 0 Å². The van der Waals surface area contributed by atoms with Crippen LogP contribution in [0.4, 0.5) is 0 Å². The lowest BCUT2D eigenvalue weighted by atomic mass is 9.74. The number of amides is 1. The van der Waals surface area contributed by atoms with E-state index >= 15 is 0 Å². The van der Waals surface area contributed by atoms with E-state index < -0.39 is 0 Å². The molecule has 0 spiro atoms. The van der Waals surface area contributed by atoms with Crippen LogP contribution in [0.5, 0.6) is 0 Å². The van der Waals surface area contributed by atoms with Gasteiger partial charge >= 0.3 is 0 Å². The number of carbonyl (C=O) groups is 1. The van der Waals surface area contributed by atoms with Crippen molar-refractivity contribution in [2.24, 2.45) is 5.41 Å². The molecule has 0 saturated carbocycles. The van der Waals surface area contributed by atoms with Crippen molar-refractivity contribution < 1.29 is 4.79 Å². The van der Waals surface area contributed by atoms with E-state index in [1.54, 1.807) is 11.3 Å². The normalized spacial score (nSPS) is 19.9. The van der Waals surface area contributed by atoms with Gasteiger partial charge in [-0.05, 0) is 50.7 Å². The summed E-state index contributed by atoms with van der Waals surface area (Å²) in [4.78, 5) is 13.9. The van der Waals surface area contributed by atoms with E-state index in [-0.39, 0.29) is 17.4 Å². The van der Waals surface area contributed by atoms with Gasteiger partial charge in [0.1, 0.15) is 0 Å². The molecule has 2 rings (SSSR count). The zero-order valence-electron chi connectivity index (χ0n) is 11.9. The third-order valence-corrected chi connectivity index (χ3v) is 5.14. The first-order valence-electron chi connectivity index (χ1n) is 7.23. The molecule has 106 valence electrons. The average Bonchev–Trinajstić information content (AvgIpc) is 2.94. The predicted molar refractivity (Wildman–Crippen MR) is 80.3 cm³/mol. The molecule has 0 radical (unpaired) electrons. The quantitative estimate of drug-likeness (QED) is 0.870. The van der Waals surface area contributed by atoms with E-state index in [4.69, 9.17) is 0 Å². The summed E-state index contributed by atoms with van der Waals surface area (Å²) in [5.41, 5.74) is -0.147. The van der Waals surface area contributed by atoms with Crippen molar-refractivity contribution in [1.82, 2.24) is 10.6 Å². The number of thiophene rings is 1. The lowest BCUT2D eigenvalue weighted by Crippen LogP contribution is -2.48. The minimum Gasteiger partial charge on any atom is -0.348 e. The molecule has 2 N–H and O–H groups in total. The topological polar surface area (TPSA) is 41.1 Å². The van der Waals surface area contributed by atoms with Gasteiger partial charge in [-0.15, -0.1) is 11.3 Å². The van der Waals surface area contributed by atoms with Crippen LogP contribution in [-0.2, 0) is 4.79 Å². The number of hydrogen-bond donors (Lipinski definition) is 2. The van der Waals surface area contributed by atoms with Crippen LogP contribution in [0.2, 0.25) is 0 Å². The van der Waals surface area contributed by atoms with Crippen molar-refractivity contribution in [3.05, 3.63) is 22.4 Å². The molecular weight excluding hydrogens is 256 g/mol.